The van der Waals surface area contributed by atoms with E-state index in [-0.39, 0.29) is 6.03 Å². The number of benzene rings is 2. The Bertz CT molecular complexity index is 762. The van der Waals surface area contributed by atoms with Gasteiger partial charge in [0.1, 0.15) is 0 Å². The first-order chi connectivity index (χ1) is 13.2. The summed E-state index contributed by atoms with van der Waals surface area (Å²) in [5.74, 6) is 0.687. The van der Waals surface area contributed by atoms with Crippen LogP contribution in [0, 0.1) is 0 Å². The van der Waals surface area contributed by atoms with Crippen molar-refractivity contribution in [3.8, 4) is 0 Å². The molecule has 0 saturated carbocycles. The number of hydrogen-bond acceptors (Lipinski definition) is 2. The van der Waals surface area contributed by atoms with Crippen molar-refractivity contribution < 1.29 is 4.79 Å². The topological polar surface area (TPSA) is 35.6 Å². The molecule has 27 heavy (non-hydrogen) atoms. The van der Waals surface area contributed by atoms with Crippen LogP contribution in [0.25, 0.3) is 0 Å². The van der Waals surface area contributed by atoms with Crippen LogP contribution < -0.4 is 5.32 Å². The lowest BCUT2D eigenvalue weighted by Crippen LogP contribution is -2.62. The van der Waals surface area contributed by atoms with Crippen molar-refractivity contribution in [3.63, 3.8) is 0 Å². The van der Waals surface area contributed by atoms with Crippen molar-refractivity contribution in [1.82, 2.24) is 9.80 Å². The van der Waals surface area contributed by atoms with Crippen molar-refractivity contribution in [2.75, 3.05) is 31.5 Å². The van der Waals surface area contributed by atoms with Gasteiger partial charge in [0.05, 0.1) is 0 Å². The van der Waals surface area contributed by atoms with Crippen molar-refractivity contribution >= 4 is 11.7 Å². The van der Waals surface area contributed by atoms with Gasteiger partial charge in [0, 0.05) is 24.8 Å². The summed E-state index contributed by atoms with van der Waals surface area (Å²) in [6.45, 7) is 6.08. The van der Waals surface area contributed by atoms with Gasteiger partial charge < -0.3 is 10.2 Å². The van der Waals surface area contributed by atoms with Crippen molar-refractivity contribution in [2.24, 2.45) is 0 Å². The maximum atomic E-state index is 12.5. The average molecular weight is 364 g/mol. The van der Waals surface area contributed by atoms with Crippen LogP contribution in [0.15, 0.2) is 54.6 Å². The number of nitrogens with zero attached hydrogens (tertiary/aromatic N) is 2. The van der Waals surface area contributed by atoms with Gasteiger partial charge in [-0.2, -0.15) is 0 Å². The summed E-state index contributed by atoms with van der Waals surface area (Å²) in [6, 6.07) is 19.5. The molecule has 0 aliphatic carbocycles. The fourth-order valence-electron chi connectivity index (χ4n) is 4.32. The fourth-order valence-corrected chi connectivity index (χ4v) is 4.32. The Labute approximate surface area is 162 Å². The smallest absolute Gasteiger partial charge is 0.321 e. The van der Waals surface area contributed by atoms with Crippen molar-refractivity contribution in [3.05, 3.63) is 65.7 Å². The normalized spacial score (nSPS) is 18.9. The Morgan fingerprint density at radius 2 is 1.67 bits per heavy atom. The summed E-state index contributed by atoms with van der Waals surface area (Å²) in [5.41, 5.74) is 3.60. The molecule has 2 fully saturated rings. The molecule has 4 heteroatoms. The Morgan fingerprint density at radius 1 is 1.00 bits per heavy atom. The molecular weight excluding hydrogens is 334 g/mol. The molecule has 2 aliphatic heterocycles. The second-order valence-electron chi connectivity index (χ2n) is 7.72. The average Bonchev–Trinajstić information content (AvgIpc) is 2.68. The maximum Gasteiger partial charge on any atom is 0.321 e. The Kier molecular flexibility index (Phi) is 5.44. The largest absolute Gasteiger partial charge is 0.321 e. The molecule has 2 aromatic rings. The first-order valence-corrected chi connectivity index (χ1v) is 10.2. The van der Waals surface area contributed by atoms with Crippen molar-refractivity contribution in [1.29, 1.82) is 0 Å². The number of para-hydroxylation sites is 1. The molecule has 2 aliphatic rings. The highest BCUT2D eigenvalue weighted by Gasteiger charge is 2.36. The Hall–Kier alpha value is -2.33. The molecule has 2 aromatic carbocycles. The quantitative estimate of drug-likeness (QED) is 0.877. The number of aryl methyl sites for hydroxylation is 1. The molecule has 0 aromatic heterocycles. The van der Waals surface area contributed by atoms with Gasteiger partial charge in [0.2, 0.25) is 0 Å². The molecule has 4 nitrogen and oxygen atoms in total. The second kappa shape index (κ2) is 8.13. The molecule has 1 N–H and O–H groups in total. The Balaban J connectivity index is 1.25. The van der Waals surface area contributed by atoms with E-state index in [0.717, 1.165) is 38.3 Å². The number of nitrogens with one attached hydrogen (secondary N) is 1. The molecule has 0 bridgehead atoms. The molecule has 2 heterocycles. The predicted octanol–water partition coefficient (Wildman–Crippen LogP) is 4.34. The zero-order valence-electron chi connectivity index (χ0n) is 16.1. The molecule has 0 atom stereocenters. The number of carbonyl (C=O) groups is 1. The van der Waals surface area contributed by atoms with E-state index in [1.54, 1.807) is 0 Å². The van der Waals surface area contributed by atoms with E-state index < -0.39 is 0 Å². The standard InChI is InChI=1S/C23H29N3O/c1-2-18-8-6-7-11-22(18)24-23(27)26-16-21(17-26)25-14-12-20(13-15-25)19-9-4-3-5-10-19/h3-11,20-21H,2,12-17H2,1H3,(H,24,27). The number of likely N-dealkylation sites (tertiary alicyclic amines) is 2. The van der Waals surface area contributed by atoms with Crippen LogP contribution in [-0.4, -0.2) is 48.1 Å². The molecule has 142 valence electrons. The minimum absolute atomic E-state index is 0.0336. The summed E-state index contributed by atoms with van der Waals surface area (Å²) in [7, 11) is 0. The molecule has 0 radical (unpaired) electrons. The third kappa shape index (κ3) is 4.01. The third-order valence-corrected chi connectivity index (χ3v) is 6.11. The number of piperidine rings is 1. The van der Waals surface area contributed by atoms with Crippen LogP contribution >= 0.6 is 0 Å². The van der Waals surface area contributed by atoms with Crippen LogP contribution in [0.5, 0.6) is 0 Å². The minimum Gasteiger partial charge on any atom is -0.321 e. The number of anilines is 1. The second-order valence-corrected chi connectivity index (χ2v) is 7.72. The number of carbonyl (C=O) groups excluding carboxylic acids is 1. The van der Waals surface area contributed by atoms with Crippen LogP contribution in [-0.2, 0) is 6.42 Å². The maximum absolute atomic E-state index is 12.5. The van der Waals surface area contributed by atoms with E-state index in [1.165, 1.54) is 24.0 Å². The molecule has 4 rings (SSSR count). The summed E-state index contributed by atoms with van der Waals surface area (Å²) in [6.07, 6.45) is 3.36. The number of rotatable bonds is 4. The number of hydrogen-bond donors (Lipinski definition) is 1. The first kappa shape index (κ1) is 18.1. The highest BCUT2D eigenvalue weighted by atomic mass is 16.2. The fraction of sp³-hybridized carbons (Fsp3) is 0.435. The summed E-state index contributed by atoms with van der Waals surface area (Å²) >= 11 is 0. The lowest BCUT2D eigenvalue weighted by Gasteiger charge is -2.47. The predicted molar refractivity (Wildman–Crippen MR) is 110 cm³/mol. The van der Waals surface area contributed by atoms with Gasteiger partial charge in [-0.3, -0.25) is 4.90 Å². The summed E-state index contributed by atoms with van der Waals surface area (Å²) < 4.78 is 0. The summed E-state index contributed by atoms with van der Waals surface area (Å²) in [4.78, 5) is 17.0. The van der Waals surface area contributed by atoms with E-state index in [4.69, 9.17) is 0 Å². The zero-order valence-corrected chi connectivity index (χ0v) is 16.1. The van der Waals surface area contributed by atoms with Gasteiger partial charge in [-0.05, 0) is 55.5 Å². The lowest BCUT2D eigenvalue weighted by atomic mass is 9.88. The van der Waals surface area contributed by atoms with E-state index in [0.29, 0.717) is 12.0 Å². The molecule has 2 saturated heterocycles. The molecule has 0 unspecified atom stereocenters. The monoisotopic (exact) mass is 363 g/mol. The first-order valence-electron chi connectivity index (χ1n) is 10.2. The lowest BCUT2D eigenvalue weighted by molar-refractivity contribution is 0.0453. The van der Waals surface area contributed by atoms with Crippen LogP contribution in [0.2, 0.25) is 0 Å². The van der Waals surface area contributed by atoms with Crippen LogP contribution in [0.1, 0.15) is 36.8 Å². The molecular formula is C23H29N3O. The molecule has 0 spiro atoms. The third-order valence-electron chi connectivity index (χ3n) is 6.11. The van der Waals surface area contributed by atoms with E-state index in [9.17, 15) is 4.79 Å². The number of amides is 2. The van der Waals surface area contributed by atoms with Crippen LogP contribution in [0.4, 0.5) is 10.5 Å². The molecule has 2 amide bonds. The summed E-state index contributed by atoms with van der Waals surface area (Å²) in [5, 5.41) is 3.08. The van der Waals surface area contributed by atoms with Gasteiger partial charge in [-0.15, -0.1) is 0 Å². The SMILES string of the molecule is CCc1ccccc1NC(=O)N1CC(N2CCC(c3ccccc3)CC2)C1. The van der Waals surface area contributed by atoms with Gasteiger partial charge in [-0.25, -0.2) is 4.79 Å². The number of urea groups is 1. The Morgan fingerprint density at radius 3 is 2.37 bits per heavy atom. The van der Waals surface area contributed by atoms with Crippen molar-refractivity contribution in [2.45, 2.75) is 38.1 Å². The highest BCUT2D eigenvalue weighted by Crippen LogP contribution is 2.30. The van der Waals surface area contributed by atoms with Crippen LogP contribution in [0.3, 0.4) is 0 Å². The van der Waals surface area contributed by atoms with E-state index >= 15 is 0 Å². The van der Waals surface area contributed by atoms with Gasteiger partial charge >= 0.3 is 6.03 Å². The van der Waals surface area contributed by atoms with E-state index in [1.807, 2.05) is 23.1 Å². The minimum atomic E-state index is 0.0336. The zero-order chi connectivity index (χ0) is 18.6. The highest BCUT2D eigenvalue weighted by molar-refractivity contribution is 5.90. The van der Waals surface area contributed by atoms with E-state index in [2.05, 4.69) is 53.5 Å². The van der Waals surface area contributed by atoms with Gasteiger partial charge in [0.25, 0.3) is 0 Å². The van der Waals surface area contributed by atoms with Gasteiger partial charge in [-0.1, -0.05) is 55.5 Å². The van der Waals surface area contributed by atoms with Gasteiger partial charge in [0.15, 0.2) is 0 Å².